The molecule has 5 nitrogen and oxygen atoms in total. The monoisotopic (exact) mass is 333 g/mol. The quantitative estimate of drug-likeness (QED) is 0.557. The van der Waals surface area contributed by atoms with Gasteiger partial charge in [-0.25, -0.2) is 9.78 Å². The summed E-state index contributed by atoms with van der Waals surface area (Å²) in [5, 5.41) is 20.9. The number of hydrogen-bond donors (Lipinski definition) is 2. The van der Waals surface area contributed by atoms with Crippen LogP contribution in [0.15, 0.2) is 46.9 Å². The molecule has 25 heavy (non-hydrogen) atoms. The van der Waals surface area contributed by atoms with Crippen LogP contribution in [0.1, 0.15) is 21.5 Å². The third-order valence-corrected chi connectivity index (χ3v) is 4.45. The molecule has 2 N–H and O–H groups in total. The van der Waals surface area contributed by atoms with Crippen molar-refractivity contribution in [2.24, 2.45) is 0 Å². The molecule has 0 atom stereocenters. The largest absolute Gasteiger partial charge is 0.507 e. The SMILES string of the molecule is Cc1c(-c2cc(C(=O)O)c3c(O)ccc(C)c3n2)oc2ccccc12. The van der Waals surface area contributed by atoms with Crippen molar-refractivity contribution in [3.63, 3.8) is 0 Å². The number of carboxylic acid groups (broad SMARTS) is 1. The summed E-state index contributed by atoms with van der Waals surface area (Å²) in [6.07, 6.45) is 0. The van der Waals surface area contributed by atoms with Crippen LogP contribution in [0.4, 0.5) is 0 Å². The lowest BCUT2D eigenvalue weighted by Gasteiger charge is -2.09. The van der Waals surface area contributed by atoms with Crippen LogP contribution < -0.4 is 0 Å². The number of para-hydroxylation sites is 1. The maximum atomic E-state index is 11.7. The summed E-state index contributed by atoms with van der Waals surface area (Å²) < 4.78 is 5.92. The molecule has 0 unspecified atom stereocenters. The first-order valence-corrected chi connectivity index (χ1v) is 7.82. The number of aromatic hydroxyl groups is 1. The van der Waals surface area contributed by atoms with Gasteiger partial charge in [0.25, 0.3) is 0 Å². The number of nitrogens with zero attached hydrogens (tertiary/aromatic N) is 1. The molecule has 2 aromatic heterocycles. The average Bonchev–Trinajstić information content (AvgIpc) is 2.94. The van der Waals surface area contributed by atoms with Crippen LogP contribution in [0.2, 0.25) is 0 Å². The minimum atomic E-state index is -1.12. The van der Waals surface area contributed by atoms with Crippen LogP contribution in [0.3, 0.4) is 0 Å². The van der Waals surface area contributed by atoms with Crippen molar-refractivity contribution in [2.75, 3.05) is 0 Å². The molecule has 0 aliphatic carbocycles. The van der Waals surface area contributed by atoms with E-state index in [2.05, 4.69) is 4.98 Å². The highest BCUT2D eigenvalue weighted by Gasteiger charge is 2.20. The normalized spacial score (nSPS) is 11.3. The van der Waals surface area contributed by atoms with Gasteiger partial charge in [0.1, 0.15) is 17.0 Å². The molecule has 4 rings (SSSR count). The van der Waals surface area contributed by atoms with E-state index in [1.54, 1.807) is 6.07 Å². The zero-order chi connectivity index (χ0) is 17.7. The van der Waals surface area contributed by atoms with Gasteiger partial charge in [0, 0.05) is 10.9 Å². The van der Waals surface area contributed by atoms with Crippen molar-refractivity contribution in [2.45, 2.75) is 13.8 Å². The molecule has 0 amide bonds. The summed E-state index contributed by atoms with van der Waals surface area (Å²) in [6.45, 7) is 3.75. The highest BCUT2D eigenvalue weighted by atomic mass is 16.4. The lowest BCUT2D eigenvalue weighted by Crippen LogP contribution is -2.01. The Morgan fingerprint density at radius 2 is 1.88 bits per heavy atom. The summed E-state index contributed by atoms with van der Waals surface area (Å²) >= 11 is 0. The second kappa shape index (κ2) is 5.34. The van der Waals surface area contributed by atoms with Gasteiger partial charge in [0.15, 0.2) is 5.76 Å². The zero-order valence-electron chi connectivity index (χ0n) is 13.7. The lowest BCUT2D eigenvalue weighted by molar-refractivity contribution is 0.0698. The minimum Gasteiger partial charge on any atom is -0.507 e. The number of aryl methyl sites for hydroxylation is 2. The first-order chi connectivity index (χ1) is 12.0. The van der Waals surface area contributed by atoms with E-state index in [0.717, 1.165) is 22.1 Å². The molecule has 4 aromatic rings. The van der Waals surface area contributed by atoms with Crippen LogP contribution in [0, 0.1) is 13.8 Å². The third-order valence-electron chi connectivity index (χ3n) is 4.45. The van der Waals surface area contributed by atoms with Gasteiger partial charge in [-0.3, -0.25) is 0 Å². The summed E-state index contributed by atoms with van der Waals surface area (Å²) in [6, 6.07) is 12.3. The van der Waals surface area contributed by atoms with Gasteiger partial charge >= 0.3 is 5.97 Å². The lowest BCUT2D eigenvalue weighted by atomic mass is 10.0. The van der Waals surface area contributed by atoms with Crippen molar-refractivity contribution in [1.29, 1.82) is 0 Å². The molecule has 5 heteroatoms. The van der Waals surface area contributed by atoms with Gasteiger partial charge in [-0.2, -0.15) is 0 Å². The Kier molecular flexibility index (Phi) is 3.25. The molecule has 0 radical (unpaired) electrons. The Balaban J connectivity index is 2.10. The van der Waals surface area contributed by atoms with Crippen LogP contribution in [0.25, 0.3) is 33.3 Å². The Morgan fingerprint density at radius 3 is 2.60 bits per heavy atom. The minimum absolute atomic E-state index is 0.000978. The number of phenolic OH excluding ortho intramolecular Hbond substituents is 1. The van der Waals surface area contributed by atoms with Crippen molar-refractivity contribution in [3.05, 3.63) is 59.2 Å². The van der Waals surface area contributed by atoms with E-state index in [1.165, 1.54) is 12.1 Å². The Bertz CT molecular complexity index is 1160. The van der Waals surface area contributed by atoms with E-state index >= 15 is 0 Å². The smallest absolute Gasteiger partial charge is 0.336 e. The van der Waals surface area contributed by atoms with Gasteiger partial charge in [-0.05, 0) is 37.6 Å². The van der Waals surface area contributed by atoms with Crippen molar-refractivity contribution in [3.8, 4) is 17.2 Å². The Hall–Kier alpha value is -3.34. The molecule has 0 spiro atoms. The fourth-order valence-electron chi connectivity index (χ4n) is 3.16. The molecule has 0 aliphatic heterocycles. The zero-order valence-corrected chi connectivity index (χ0v) is 13.7. The van der Waals surface area contributed by atoms with Gasteiger partial charge < -0.3 is 14.6 Å². The number of furan rings is 1. The predicted molar refractivity (Wildman–Crippen MR) is 95.0 cm³/mol. The fourth-order valence-corrected chi connectivity index (χ4v) is 3.16. The number of phenols is 1. The van der Waals surface area contributed by atoms with Gasteiger partial charge in [-0.1, -0.05) is 24.3 Å². The Labute approximate surface area is 143 Å². The van der Waals surface area contributed by atoms with Gasteiger partial charge in [0.2, 0.25) is 0 Å². The van der Waals surface area contributed by atoms with Crippen LogP contribution in [-0.2, 0) is 0 Å². The van der Waals surface area contributed by atoms with Crippen LogP contribution >= 0.6 is 0 Å². The molecule has 0 aliphatic rings. The molecule has 2 heterocycles. The molecule has 0 saturated heterocycles. The maximum Gasteiger partial charge on any atom is 0.336 e. The predicted octanol–water partition coefficient (Wildman–Crippen LogP) is 4.67. The molecular formula is C20H15NO4. The summed E-state index contributed by atoms with van der Waals surface area (Å²) in [7, 11) is 0. The summed E-state index contributed by atoms with van der Waals surface area (Å²) in [4.78, 5) is 16.3. The molecule has 0 saturated carbocycles. The van der Waals surface area contributed by atoms with Crippen molar-refractivity contribution >= 4 is 27.8 Å². The van der Waals surface area contributed by atoms with E-state index in [0.29, 0.717) is 17.0 Å². The third kappa shape index (κ3) is 2.24. The number of hydrogen-bond acceptors (Lipinski definition) is 4. The van der Waals surface area contributed by atoms with Gasteiger partial charge in [-0.15, -0.1) is 0 Å². The first-order valence-electron chi connectivity index (χ1n) is 7.82. The number of benzene rings is 2. The maximum absolute atomic E-state index is 11.7. The van der Waals surface area contributed by atoms with Crippen molar-refractivity contribution in [1.82, 2.24) is 4.98 Å². The molecular weight excluding hydrogens is 318 g/mol. The van der Waals surface area contributed by atoms with E-state index in [4.69, 9.17) is 4.42 Å². The molecule has 0 bridgehead atoms. The highest BCUT2D eigenvalue weighted by molar-refractivity contribution is 6.07. The number of fused-ring (bicyclic) bond motifs is 2. The second-order valence-corrected chi connectivity index (χ2v) is 6.04. The molecule has 2 aromatic carbocycles. The van der Waals surface area contributed by atoms with Crippen LogP contribution in [0.5, 0.6) is 5.75 Å². The Morgan fingerprint density at radius 1 is 1.12 bits per heavy atom. The average molecular weight is 333 g/mol. The topological polar surface area (TPSA) is 83.6 Å². The van der Waals surface area contributed by atoms with Crippen LogP contribution in [-0.4, -0.2) is 21.2 Å². The van der Waals surface area contributed by atoms with Crippen molar-refractivity contribution < 1.29 is 19.4 Å². The molecule has 0 fully saturated rings. The van der Waals surface area contributed by atoms with Gasteiger partial charge in [0.05, 0.1) is 16.5 Å². The first kappa shape index (κ1) is 15.2. The number of carbonyl (C=O) groups is 1. The number of pyridine rings is 1. The standard InChI is InChI=1S/C20H15NO4/c1-10-7-8-15(22)17-13(20(23)24)9-14(21-18(10)17)19-11(2)12-5-3-4-6-16(12)25-19/h3-9,22H,1-2H3,(H,23,24). The number of aromatic carboxylic acids is 1. The number of aromatic nitrogens is 1. The number of carboxylic acids is 1. The fraction of sp³-hybridized carbons (Fsp3) is 0.100. The molecule has 124 valence electrons. The second-order valence-electron chi connectivity index (χ2n) is 6.04. The van der Waals surface area contributed by atoms with E-state index in [9.17, 15) is 15.0 Å². The summed E-state index contributed by atoms with van der Waals surface area (Å²) in [5.41, 5.74) is 3.30. The highest BCUT2D eigenvalue weighted by Crippen LogP contribution is 2.36. The van der Waals surface area contributed by atoms with E-state index in [1.807, 2.05) is 38.1 Å². The number of rotatable bonds is 2. The van der Waals surface area contributed by atoms with E-state index in [-0.39, 0.29) is 16.7 Å². The summed E-state index contributed by atoms with van der Waals surface area (Å²) in [5.74, 6) is -0.685. The van der Waals surface area contributed by atoms with E-state index < -0.39 is 5.97 Å².